The minimum absolute atomic E-state index is 0.105. The zero-order valence-electron chi connectivity index (χ0n) is 21.4. The second-order valence-electron chi connectivity index (χ2n) is 8.69. The number of nitrogens with one attached hydrogen (secondary N) is 1. The number of nitrogens with zero attached hydrogens (tertiary/aromatic N) is 2. The highest BCUT2D eigenvalue weighted by Crippen LogP contribution is 2.31. The zero-order chi connectivity index (χ0) is 26.9. The first kappa shape index (κ1) is 27.5. The smallest absolute Gasteiger partial charge is 0.234 e. The van der Waals surface area contributed by atoms with Gasteiger partial charge in [-0.15, -0.1) is 0 Å². The van der Waals surface area contributed by atoms with Crippen LogP contribution in [0.3, 0.4) is 0 Å². The van der Waals surface area contributed by atoms with Gasteiger partial charge in [0, 0.05) is 24.5 Å². The number of carbonyl (C=O) groups is 2. The van der Waals surface area contributed by atoms with Crippen molar-refractivity contribution in [2.75, 3.05) is 27.3 Å². The number of benzene rings is 3. The van der Waals surface area contributed by atoms with Crippen LogP contribution < -0.4 is 14.8 Å². The second kappa shape index (κ2) is 13.3. The van der Waals surface area contributed by atoms with Gasteiger partial charge in [-0.3, -0.25) is 14.5 Å². The molecule has 7 nitrogen and oxygen atoms in total. The molecule has 3 aromatic rings. The summed E-state index contributed by atoms with van der Waals surface area (Å²) in [4.78, 5) is 32.7. The minimum atomic E-state index is -0.554. The highest BCUT2D eigenvalue weighted by atomic mass is 35.5. The molecular formula is C29H30ClN3O4S. The van der Waals surface area contributed by atoms with Gasteiger partial charge in [0.05, 0.1) is 25.2 Å². The summed E-state index contributed by atoms with van der Waals surface area (Å²) in [6, 6.07) is 22.7. The quantitative estimate of drug-likeness (QED) is 0.371. The predicted octanol–water partition coefficient (Wildman–Crippen LogP) is 5.28. The molecule has 2 amide bonds. The molecule has 9 heteroatoms. The molecule has 0 spiro atoms. The van der Waals surface area contributed by atoms with Crippen LogP contribution in [0, 0.1) is 0 Å². The van der Waals surface area contributed by atoms with Gasteiger partial charge in [0.25, 0.3) is 0 Å². The Kier molecular flexibility index (Phi) is 9.67. The first-order chi connectivity index (χ1) is 18.5. The van der Waals surface area contributed by atoms with E-state index in [1.807, 2.05) is 48.5 Å². The molecule has 1 atom stereocenters. The Hall–Kier alpha value is -3.49. The Morgan fingerprint density at radius 1 is 1.00 bits per heavy atom. The first-order valence-electron chi connectivity index (χ1n) is 12.3. The van der Waals surface area contributed by atoms with Crippen LogP contribution in [-0.4, -0.2) is 54.4 Å². The number of rotatable bonds is 10. The maximum atomic E-state index is 13.3. The van der Waals surface area contributed by atoms with E-state index in [2.05, 4.69) is 5.32 Å². The Labute approximate surface area is 232 Å². The Balaban J connectivity index is 1.47. The van der Waals surface area contributed by atoms with E-state index in [-0.39, 0.29) is 18.2 Å². The van der Waals surface area contributed by atoms with Crippen molar-refractivity contribution in [3.05, 3.63) is 88.9 Å². The summed E-state index contributed by atoms with van der Waals surface area (Å²) in [5.41, 5.74) is 2.80. The van der Waals surface area contributed by atoms with E-state index in [4.69, 9.17) is 26.1 Å². The van der Waals surface area contributed by atoms with Crippen molar-refractivity contribution >= 4 is 46.0 Å². The van der Waals surface area contributed by atoms with E-state index in [0.717, 1.165) is 17.5 Å². The highest BCUT2D eigenvalue weighted by Gasteiger charge is 2.35. The molecule has 3 aromatic carbocycles. The molecule has 198 valence electrons. The summed E-state index contributed by atoms with van der Waals surface area (Å²) in [7, 11) is 3.18. The normalized spacial score (nSPS) is 16.4. The average molecular weight is 552 g/mol. The Morgan fingerprint density at radius 3 is 2.45 bits per heavy atom. The van der Waals surface area contributed by atoms with Crippen molar-refractivity contribution < 1.29 is 19.1 Å². The Bertz CT molecular complexity index is 1280. The van der Waals surface area contributed by atoms with E-state index < -0.39 is 5.25 Å². The molecule has 1 N–H and O–H groups in total. The molecule has 0 aromatic heterocycles. The molecule has 0 unspecified atom stereocenters. The summed E-state index contributed by atoms with van der Waals surface area (Å²) in [6.45, 7) is 0.914. The molecule has 1 heterocycles. The van der Waals surface area contributed by atoms with Crippen LogP contribution in [0.1, 0.15) is 17.5 Å². The lowest BCUT2D eigenvalue weighted by atomic mass is 10.1. The number of thioether (sulfide) groups is 1. The van der Waals surface area contributed by atoms with E-state index in [0.29, 0.717) is 46.9 Å². The number of amides is 2. The number of carbonyl (C=O) groups excluding carboxylic acids is 2. The molecule has 1 aliphatic heterocycles. The number of methoxy groups -OCH3 is 2. The molecular weight excluding hydrogens is 522 g/mol. The third kappa shape index (κ3) is 7.30. The number of aliphatic imine (C=N–C) groups is 1. The average Bonchev–Trinajstić information content (AvgIpc) is 2.94. The second-order valence-corrected chi connectivity index (χ2v) is 10.3. The molecule has 0 radical (unpaired) electrons. The minimum Gasteiger partial charge on any atom is -0.493 e. The maximum absolute atomic E-state index is 13.3. The standard InChI is InChI=1S/C29H30ClN3O4S/c1-36-24-13-8-21(18-25(24)37-2)15-17-33-27(34)19-26(28(35)31-16-14-20-6-4-3-5-7-20)38-29(33)32-23-11-9-22(30)10-12-23/h3-13,18,26H,14-17,19H2,1-2H3,(H,31,35)/t26-/m0/s1. The SMILES string of the molecule is COc1ccc(CCN2C(=O)C[C@@H](C(=O)NCCc3ccccc3)SC2=Nc2ccc(Cl)cc2)cc1OC. The van der Waals surface area contributed by atoms with Gasteiger partial charge in [0.1, 0.15) is 0 Å². The maximum Gasteiger partial charge on any atom is 0.234 e. The summed E-state index contributed by atoms with van der Waals surface area (Å²) in [5.74, 6) is 0.973. The number of hydrogen-bond donors (Lipinski definition) is 1. The molecule has 4 rings (SSSR count). The van der Waals surface area contributed by atoms with Gasteiger partial charge in [0.2, 0.25) is 11.8 Å². The number of hydrogen-bond acceptors (Lipinski definition) is 6. The third-order valence-electron chi connectivity index (χ3n) is 6.11. The molecule has 1 aliphatic rings. The van der Waals surface area contributed by atoms with Crippen LogP contribution in [0.25, 0.3) is 0 Å². The molecule has 0 bridgehead atoms. The lowest BCUT2D eigenvalue weighted by molar-refractivity contribution is -0.130. The van der Waals surface area contributed by atoms with Crippen molar-refractivity contribution in [3.8, 4) is 11.5 Å². The van der Waals surface area contributed by atoms with Gasteiger partial charge >= 0.3 is 0 Å². The fourth-order valence-corrected chi connectivity index (χ4v) is 5.33. The fourth-order valence-electron chi connectivity index (χ4n) is 4.05. The monoisotopic (exact) mass is 551 g/mol. The fraction of sp³-hybridized carbons (Fsp3) is 0.276. The van der Waals surface area contributed by atoms with E-state index in [1.165, 1.54) is 11.8 Å². The van der Waals surface area contributed by atoms with Gasteiger partial charge in [0.15, 0.2) is 16.7 Å². The van der Waals surface area contributed by atoms with Crippen LogP contribution in [0.2, 0.25) is 5.02 Å². The number of halogens is 1. The van der Waals surface area contributed by atoms with Gasteiger partial charge in [-0.2, -0.15) is 0 Å². The summed E-state index contributed by atoms with van der Waals surface area (Å²) in [5, 5.41) is 3.52. The van der Waals surface area contributed by atoms with Gasteiger partial charge in [-0.1, -0.05) is 59.8 Å². The van der Waals surface area contributed by atoms with Crippen LogP contribution >= 0.6 is 23.4 Å². The van der Waals surface area contributed by atoms with Crippen LogP contribution in [0.5, 0.6) is 11.5 Å². The van der Waals surface area contributed by atoms with Crippen molar-refractivity contribution in [1.82, 2.24) is 10.2 Å². The predicted molar refractivity (Wildman–Crippen MR) is 153 cm³/mol. The summed E-state index contributed by atoms with van der Waals surface area (Å²) in [6.07, 6.45) is 1.41. The van der Waals surface area contributed by atoms with Crippen molar-refractivity contribution in [1.29, 1.82) is 0 Å². The highest BCUT2D eigenvalue weighted by molar-refractivity contribution is 8.15. The zero-order valence-corrected chi connectivity index (χ0v) is 22.9. The van der Waals surface area contributed by atoms with Crippen LogP contribution in [0.4, 0.5) is 5.69 Å². The Morgan fingerprint density at radius 2 is 1.74 bits per heavy atom. The van der Waals surface area contributed by atoms with Gasteiger partial charge in [-0.05, 0) is 60.4 Å². The molecule has 1 fully saturated rings. The third-order valence-corrected chi connectivity index (χ3v) is 7.55. The first-order valence-corrected chi connectivity index (χ1v) is 13.6. The van der Waals surface area contributed by atoms with Crippen LogP contribution in [0.15, 0.2) is 77.8 Å². The number of amidine groups is 1. The van der Waals surface area contributed by atoms with Crippen LogP contribution in [-0.2, 0) is 22.4 Å². The van der Waals surface area contributed by atoms with Gasteiger partial charge in [-0.25, -0.2) is 4.99 Å². The lowest BCUT2D eigenvalue weighted by Crippen LogP contribution is -2.47. The molecule has 0 aliphatic carbocycles. The molecule has 1 saturated heterocycles. The lowest BCUT2D eigenvalue weighted by Gasteiger charge is -2.32. The van der Waals surface area contributed by atoms with E-state index >= 15 is 0 Å². The topological polar surface area (TPSA) is 80.2 Å². The van der Waals surface area contributed by atoms with Crippen molar-refractivity contribution in [2.45, 2.75) is 24.5 Å². The summed E-state index contributed by atoms with van der Waals surface area (Å²) < 4.78 is 10.7. The van der Waals surface area contributed by atoms with Crippen molar-refractivity contribution in [2.24, 2.45) is 4.99 Å². The van der Waals surface area contributed by atoms with Gasteiger partial charge < -0.3 is 14.8 Å². The van der Waals surface area contributed by atoms with E-state index in [9.17, 15) is 9.59 Å². The summed E-state index contributed by atoms with van der Waals surface area (Å²) >= 11 is 7.35. The largest absolute Gasteiger partial charge is 0.493 e. The number of ether oxygens (including phenoxy) is 2. The molecule has 38 heavy (non-hydrogen) atoms. The van der Waals surface area contributed by atoms with Crippen molar-refractivity contribution in [3.63, 3.8) is 0 Å². The van der Waals surface area contributed by atoms with E-state index in [1.54, 1.807) is 43.4 Å². The molecule has 0 saturated carbocycles.